The van der Waals surface area contributed by atoms with Gasteiger partial charge in [0, 0.05) is 6.20 Å². The third-order valence-electron chi connectivity index (χ3n) is 2.79. The molecule has 1 N–H and O–H groups in total. The number of nitrogens with one attached hydrogen (secondary N) is 1. The zero-order chi connectivity index (χ0) is 15.6. The summed E-state index contributed by atoms with van der Waals surface area (Å²) in [5.41, 5.74) is -0.173. The maximum atomic E-state index is 13.1. The van der Waals surface area contributed by atoms with E-state index in [-0.39, 0.29) is 10.6 Å². The highest BCUT2D eigenvalue weighted by Crippen LogP contribution is 2.20. The third-order valence-corrected chi connectivity index (χ3v) is 3.07. The number of carbonyl (C=O) groups is 1. The first-order valence-corrected chi connectivity index (χ1v) is 6.30. The Morgan fingerprint density at radius 2 is 2.00 bits per heavy atom. The van der Waals surface area contributed by atoms with Crippen LogP contribution in [0.4, 0.5) is 8.78 Å². The highest BCUT2D eigenvalue weighted by molar-refractivity contribution is 6.30. The van der Waals surface area contributed by atoms with Crippen molar-refractivity contribution in [3.05, 3.63) is 68.6 Å². The first kappa shape index (κ1) is 15.2. The zero-order valence-corrected chi connectivity index (χ0v) is 11.6. The molecule has 7 heteroatoms. The van der Waals surface area contributed by atoms with Gasteiger partial charge in [0.1, 0.15) is 11.1 Å². The lowest BCUT2D eigenvalue weighted by atomic mass is 10.1. The van der Waals surface area contributed by atoms with E-state index in [0.717, 1.165) is 18.3 Å². The Balaban J connectivity index is 2.16. The van der Waals surface area contributed by atoms with Gasteiger partial charge >= 0.3 is 5.97 Å². The molecule has 0 aliphatic rings. The van der Waals surface area contributed by atoms with E-state index in [1.54, 1.807) is 0 Å². The van der Waals surface area contributed by atoms with Gasteiger partial charge in [0.05, 0.1) is 5.56 Å². The van der Waals surface area contributed by atoms with Crippen LogP contribution in [-0.2, 0) is 4.74 Å². The van der Waals surface area contributed by atoms with Gasteiger partial charge in [0.15, 0.2) is 11.6 Å². The maximum Gasteiger partial charge on any atom is 0.340 e. The minimum atomic E-state index is -1.03. The summed E-state index contributed by atoms with van der Waals surface area (Å²) in [6.45, 7) is 1.51. The van der Waals surface area contributed by atoms with Crippen LogP contribution >= 0.6 is 11.6 Å². The van der Waals surface area contributed by atoms with Crippen molar-refractivity contribution in [2.24, 2.45) is 0 Å². The Kier molecular flexibility index (Phi) is 4.37. The number of carbonyl (C=O) groups excluding carboxylic acids is 1. The summed E-state index contributed by atoms with van der Waals surface area (Å²) in [5.74, 6) is -2.75. The van der Waals surface area contributed by atoms with E-state index >= 15 is 0 Å². The van der Waals surface area contributed by atoms with Crippen molar-refractivity contribution in [3.8, 4) is 0 Å². The van der Waals surface area contributed by atoms with Crippen LogP contribution in [0.1, 0.15) is 28.9 Å². The molecule has 21 heavy (non-hydrogen) atoms. The second kappa shape index (κ2) is 6.05. The number of benzene rings is 1. The Morgan fingerprint density at radius 1 is 1.29 bits per heavy atom. The molecule has 110 valence electrons. The lowest BCUT2D eigenvalue weighted by Crippen LogP contribution is -2.13. The van der Waals surface area contributed by atoms with Crippen LogP contribution in [0, 0.1) is 11.6 Å². The average Bonchev–Trinajstić information content (AvgIpc) is 2.44. The minimum absolute atomic E-state index is 0.0500. The van der Waals surface area contributed by atoms with Gasteiger partial charge in [-0.2, -0.15) is 0 Å². The Morgan fingerprint density at radius 3 is 2.62 bits per heavy atom. The average molecular weight is 314 g/mol. The fraction of sp³-hybridized carbons (Fsp3) is 0.143. The molecule has 0 saturated carbocycles. The van der Waals surface area contributed by atoms with E-state index in [1.807, 2.05) is 0 Å². The molecule has 0 spiro atoms. The summed E-state index contributed by atoms with van der Waals surface area (Å²) >= 11 is 5.61. The SMILES string of the molecule is C[C@H](OC(=O)c1c[nH]c(=O)c(Cl)c1)c1ccc(F)c(F)c1. The largest absolute Gasteiger partial charge is 0.454 e. The zero-order valence-electron chi connectivity index (χ0n) is 10.8. The highest BCUT2D eigenvalue weighted by Gasteiger charge is 2.16. The van der Waals surface area contributed by atoms with Gasteiger partial charge in [-0.3, -0.25) is 4.79 Å². The van der Waals surface area contributed by atoms with Gasteiger partial charge in [-0.15, -0.1) is 0 Å². The smallest absolute Gasteiger partial charge is 0.340 e. The molecule has 0 radical (unpaired) electrons. The molecule has 4 nitrogen and oxygen atoms in total. The van der Waals surface area contributed by atoms with Crippen LogP contribution in [0.5, 0.6) is 0 Å². The molecule has 2 aromatic rings. The van der Waals surface area contributed by atoms with Crippen molar-refractivity contribution in [1.82, 2.24) is 4.98 Å². The number of hydrogen-bond acceptors (Lipinski definition) is 3. The summed E-state index contributed by atoms with van der Waals surface area (Å²) in [7, 11) is 0. The van der Waals surface area contributed by atoms with E-state index in [2.05, 4.69) is 4.98 Å². The van der Waals surface area contributed by atoms with E-state index in [9.17, 15) is 18.4 Å². The van der Waals surface area contributed by atoms with Crippen LogP contribution in [0.15, 0.2) is 35.3 Å². The quantitative estimate of drug-likeness (QED) is 0.885. The fourth-order valence-electron chi connectivity index (χ4n) is 1.64. The molecule has 1 heterocycles. The van der Waals surface area contributed by atoms with Crippen molar-refractivity contribution in [2.45, 2.75) is 13.0 Å². The number of rotatable bonds is 3. The summed E-state index contributed by atoms with van der Waals surface area (Å²) in [5, 5.41) is -0.148. The molecular formula is C14H10ClF2NO3. The Bertz CT molecular complexity index is 745. The van der Waals surface area contributed by atoms with E-state index in [0.29, 0.717) is 5.56 Å². The maximum absolute atomic E-state index is 13.1. The number of aromatic nitrogens is 1. The van der Waals surface area contributed by atoms with Crippen LogP contribution in [0.25, 0.3) is 0 Å². The molecule has 0 aliphatic carbocycles. The molecule has 0 amide bonds. The van der Waals surface area contributed by atoms with Gasteiger partial charge in [0.2, 0.25) is 0 Å². The highest BCUT2D eigenvalue weighted by atomic mass is 35.5. The molecule has 0 bridgehead atoms. The van der Waals surface area contributed by atoms with Gasteiger partial charge in [0.25, 0.3) is 5.56 Å². The number of halogens is 3. The molecule has 0 saturated heterocycles. The van der Waals surface area contributed by atoms with Crippen molar-refractivity contribution < 1.29 is 18.3 Å². The lowest BCUT2D eigenvalue weighted by Gasteiger charge is -2.13. The number of hydrogen-bond donors (Lipinski definition) is 1. The fourth-order valence-corrected chi connectivity index (χ4v) is 1.81. The molecule has 0 unspecified atom stereocenters. The number of aromatic amines is 1. The van der Waals surface area contributed by atoms with E-state index < -0.39 is 29.3 Å². The van der Waals surface area contributed by atoms with Crippen LogP contribution in [0.3, 0.4) is 0 Å². The van der Waals surface area contributed by atoms with Crippen LogP contribution in [-0.4, -0.2) is 11.0 Å². The molecule has 2 rings (SSSR count). The number of ether oxygens (including phenoxy) is 1. The number of H-pyrrole nitrogens is 1. The van der Waals surface area contributed by atoms with E-state index in [1.165, 1.54) is 19.1 Å². The van der Waals surface area contributed by atoms with E-state index in [4.69, 9.17) is 16.3 Å². The van der Waals surface area contributed by atoms with Crippen molar-refractivity contribution in [3.63, 3.8) is 0 Å². The second-order valence-corrected chi connectivity index (χ2v) is 4.69. The van der Waals surface area contributed by atoms with Crippen molar-refractivity contribution >= 4 is 17.6 Å². The van der Waals surface area contributed by atoms with Crippen LogP contribution < -0.4 is 5.56 Å². The normalized spacial score (nSPS) is 12.0. The monoisotopic (exact) mass is 313 g/mol. The number of esters is 1. The predicted molar refractivity (Wildman–Crippen MR) is 72.3 cm³/mol. The minimum Gasteiger partial charge on any atom is -0.454 e. The topological polar surface area (TPSA) is 59.2 Å². The first-order valence-electron chi connectivity index (χ1n) is 5.92. The predicted octanol–water partition coefficient (Wildman–Crippen LogP) is 3.22. The van der Waals surface area contributed by atoms with Gasteiger partial charge in [-0.1, -0.05) is 17.7 Å². The van der Waals surface area contributed by atoms with Crippen molar-refractivity contribution in [1.29, 1.82) is 0 Å². The molecular weight excluding hydrogens is 304 g/mol. The molecule has 1 atom stereocenters. The summed E-state index contributed by atoms with van der Waals surface area (Å²) in [6, 6.07) is 4.38. The molecule has 0 fully saturated rings. The summed E-state index contributed by atoms with van der Waals surface area (Å²) in [6.07, 6.45) is 0.368. The number of pyridine rings is 1. The van der Waals surface area contributed by atoms with Crippen LogP contribution in [0.2, 0.25) is 5.02 Å². The van der Waals surface area contributed by atoms with Crippen molar-refractivity contribution in [2.75, 3.05) is 0 Å². The molecule has 1 aromatic heterocycles. The Labute approximate surface area is 123 Å². The Hall–Kier alpha value is -2.21. The lowest BCUT2D eigenvalue weighted by molar-refractivity contribution is 0.0336. The molecule has 0 aliphatic heterocycles. The van der Waals surface area contributed by atoms with Gasteiger partial charge in [-0.05, 0) is 30.7 Å². The summed E-state index contributed by atoms with van der Waals surface area (Å²) < 4.78 is 31.1. The first-order chi connectivity index (χ1) is 9.88. The second-order valence-electron chi connectivity index (χ2n) is 4.29. The third kappa shape index (κ3) is 3.46. The van der Waals surface area contributed by atoms with Gasteiger partial charge < -0.3 is 9.72 Å². The van der Waals surface area contributed by atoms with Gasteiger partial charge in [-0.25, -0.2) is 13.6 Å². The summed E-state index contributed by atoms with van der Waals surface area (Å²) in [4.78, 5) is 25.2. The molecule has 1 aromatic carbocycles. The standard InChI is InChI=1S/C14H10ClF2NO3/c1-7(8-2-3-11(16)12(17)5-8)21-14(20)9-4-10(15)13(19)18-6-9/h2-7H,1H3,(H,18,19)/t7-/m0/s1.